The molecule has 0 spiro atoms. The van der Waals surface area contributed by atoms with Crippen LogP contribution in [0.5, 0.6) is 0 Å². The molecule has 0 bridgehead atoms. The number of carboxylic acids is 1. The van der Waals surface area contributed by atoms with Crippen LogP contribution in [0.3, 0.4) is 0 Å². The largest absolute Gasteiger partial charge is 0.481 e. The van der Waals surface area contributed by atoms with Crippen molar-refractivity contribution in [1.29, 1.82) is 0 Å². The van der Waals surface area contributed by atoms with Gasteiger partial charge in [-0.25, -0.2) is 22.2 Å². The molecule has 43 heavy (non-hydrogen) atoms. The third-order valence-corrected chi connectivity index (χ3v) is 10.5. The molecule has 2 heterocycles. The van der Waals surface area contributed by atoms with E-state index in [-0.39, 0.29) is 53.1 Å². The predicted molar refractivity (Wildman–Crippen MR) is 148 cm³/mol. The van der Waals surface area contributed by atoms with Gasteiger partial charge in [0.2, 0.25) is 21.8 Å². The van der Waals surface area contributed by atoms with Crippen LogP contribution in [-0.4, -0.2) is 52.8 Å². The van der Waals surface area contributed by atoms with Crippen LogP contribution in [0.25, 0.3) is 21.3 Å². The molecule has 1 unspecified atom stereocenters. The average molecular weight is 692 g/mol. The van der Waals surface area contributed by atoms with E-state index in [2.05, 4.69) is 15.2 Å². The summed E-state index contributed by atoms with van der Waals surface area (Å²) in [6.45, 7) is 4.12. The summed E-state index contributed by atoms with van der Waals surface area (Å²) in [5, 5.41) is 16.5. The maximum atomic E-state index is 13.6. The number of rotatable bonds is 11. The summed E-state index contributed by atoms with van der Waals surface area (Å²) in [6, 6.07) is -0.125. The van der Waals surface area contributed by atoms with E-state index in [9.17, 15) is 40.3 Å². The van der Waals surface area contributed by atoms with E-state index >= 15 is 0 Å². The number of thiazole rings is 1. The van der Waals surface area contributed by atoms with Crippen molar-refractivity contribution in [2.45, 2.75) is 75.9 Å². The summed E-state index contributed by atoms with van der Waals surface area (Å²) in [7, 11) is -4.76. The molecule has 0 saturated heterocycles. The van der Waals surface area contributed by atoms with Crippen molar-refractivity contribution in [2.75, 3.05) is 0 Å². The first-order chi connectivity index (χ1) is 19.7. The minimum absolute atomic E-state index is 0.0201. The van der Waals surface area contributed by atoms with E-state index in [1.54, 1.807) is 4.72 Å². The highest BCUT2D eigenvalue weighted by Gasteiger charge is 2.46. The van der Waals surface area contributed by atoms with Crippen molar-refractivity contribution < 1.29 is 44.7 Å². The van der Waals surface area contributed by atoms with E-state index in [0.29, 0.717) is 10.6 Å². The minimum atomic E-state index is -4.84. The Hall–Kier alpha value is -2.40. The number of hydrogen-bond acceptors (Lipinski definition) is 8. The first kappa shape index (κ1) is 33.5. The SMILES string of the molecule is CCC(NS(=O)(=O)c1ccc(-c2sc(-c3nnc(CC(C)(C)C(=O)O)o3)nc2CC2CC(F)(F)C2)c(Cl)c1Cl)C(F)(F)F. The van der Waals surface area contributed by atoms with E-state index in [0.717, 1.165) is 17.4 Å². The molecule has 1 aliphatic carbocycles. The lowest BCUT2D eigenvalue weighted by molar-refractivity contribution is -0.151. The smallest absolute Gasteiger partial charge is 0.404 e. The molecular weight excluding hydrogens is 666 g/mol. The van der Waals surface area contributed by atoms with Crippen LogP contribution in [0.2, 0.25) is 10.0 Å². The van der Waals surface area contributed by atoms with Crippen LogP contribution in [0.1, 0.15) is 51.6 Å². The van der Waals surface area contributed by atoms with E-state index < -0.39 is 61.8 Å². The first-order valence-electron chi connectivity index (χ1n) is 12.7. The number of nitrogens with one attached hydrogen (secondary N) is 1. The minimum Gasteiger partial charge on any atom is -0.481 e. The number of aliphatic carboxylic acids is 1. The number of carbonyl (C=O) groups is 1. The fourth-order valence-electron chi connectivity index (χ4n) is 4.41. The van der Waals surface area contributed by atoms with Crippen LogP contribution in [0.4, 0.5) is 22.0 Å². The van der Waals surface area contributed by atoms with Gasteiger partial charge in [-0.3, -0.25) is 4.79 Å². The van der Waals surface area contributed by atoms with Crippen LogP contribution in [0, 0.1) is 11.3 Å². The molecule has 1 saturated carbocycles. The van der Waals surface area contributed by atoms with Crippen LogP contribution < -0.4 is 4.72 Å². The Morgan fingerprint density at radius 2 is 1.86 bits per heavy atom. The molecule has 1 fully saturated rings. The molecule has 1 aliphatic rings. The zero-order valence-electron chi connectivity index (χ0n) is 22.7. The Morgan fingerprint density at radius 3 is 2.42 bits per heavy atom. The van der Waals surface area contributed by atoms with Gasteiger partial charge in [-0.1, -0.05) is 36.2 Å². The van der Waals surface area contributed by atoms with Crippen LogP contribution >= 0.6 is 34.5 Å². The number of alkyl halides is 5. The predicted octanol–water partition coefficient (Wildman–Crippen LogP) is 7.03. The molecule has 3 aromatic rings. The molecule has 0 radical (unpaired) electrons. The fraction of sp³-hybridized carbons (Fsp3) is 0.520. The Labute approximate surface area is 256 Å². The number of hydrogen-bond donors (Lipinski definition) is 2. The molecule has 9 nitrogen and oxygen atoms in total. The van der Waals surface area contributed by atoms with Crippen LogP contribution in [0.15, 0.2) is 21.4 Å². The normalized spacial score (nSPS) is 16.7. The van der Waals surface area contributed by atoms with E-state index in [1.165, 1.54) is 26.8 Å². The maximum Gasteiger partial charge on any atom is 0.404 e. The highest BCUT2D eigenvalue weighted by molar-refractivity contribution is 7.89. The number of aromatic nitrogens is 3. The van der Waals surface area contributed by atoms with E-state index in [4.69, 9.17) is 27.6 Å². The number of nitrogens with zero attached hydrogens (tertiary/aromatic N) is 3. The lowest BCUT2D eigenvalue weighted by Crippen LogP contribution is -2.44. The molecule has 18 heteroatoms. The molecule has 1 aromatic carbocycles. The summed E-state index contributed by atoms with van der Waals surface area (Å²) >= 11 is 13.7. The third-order valence-electron chi connectivity index (χ3n) is 6.86. The molecule has 2 aromatic heterocycles. The second kappa shape index (κ2) is 11.8. The molecule has 236 valence electrons. The second-order valence-corrected chi connectivity index (χ2v) is 14.3. The van der Waals surface area contributed by atoms with Gasteiger partial charge in [0.15, 0.2) is 5.01 Å². The van der Waals surface area contributed by atoms with Gasteiger partial charge in [0.25, 0.3) is 5.89 Å². The van der Waals surface area contributed by atoms with Gasteiger partial charge in [-0.15, -0.1) is 21.5 Å². The van der Waals surface area contributed by atoms with E-state index in [1.807, 2.05) is 0 Å². The second-order valence-electron chi connectivity index (χ2n) is 10.9. The molecule has 2 N–H and O–H groups in total. The highest BCUT2D eigenvalue weighted by atomic mass is 35.5. The van der Waals surface area contributed by atoms with Gasteiger partial charge < -0.3 is 9.52 Å². The van der Waals surface area contributed by atoms with Gasteiger partial charge in [-0.2, -0.15) is 17.9 Å². The monoisotopic (exact) mass is 690 g/mol. The van der Waals surface area contributed by atoms with Crippen molar-refractivity contribution in [3.63, 3.8) is 0 Å². The van der Waals surface area contributed by atoms with Gasteiger partial charge in [0, 0.05) is 24.8 Å². The summed E-state index contributed by atoms with van der Waals surface area (Å²) in [5.41, 5.74) is -0.748. The Balaban J connectivity index is 1.73. The molecule has 0 amide bonds. The number of benzene rings is 1. The summed E-state index contributed by atoms with van der Waals surface area (Å²) in [6.07, 6.45) is -6.15. The van der Waals surface area contributed by atoms with Gasteiger partial charge >= 0.3 is 12.1 Å². The first-order valence-corrected chi connectivity index (χ1v) is 15.8. The molecule has 1 atom stereocenters. The Bertz CT molecular complexity index is 1630. The van der Waals surface area contributed by atoms with Crippen LogP contribution in [-0.2, 0) is 27.7 Å². The van der Waals surface area contributed by atoms with Gasteiger partial charge in [0.1, 0.15) is 10.9 Å². The Morgan fingerprint density at radius 1 is 1.21 bits per heavy atom. The number of halogens is 7. The van der Waals surface area contributed by atoms with Gasteiger partial charge in [-0.05, 0) is 38.7 Å². The quantitative estimate of drug-likeness (QED) is 0.205. The number of carboxylic acid groups (broad SMARTS) is 1. The fourth-order valence-corrected chi connectivity index (χ4v) is 7.68. The molecule has 4 rings (SSSR count). The lowest BCUT2D eigenvalue weighted by atomic mass is 9.78. The van der Waals surface area contributed by atoms with Crippen molar-refractivity contribution >= 4 is 50.5 Å². The van der Waals surface area contributed by atoms with Crippen molar-refractivity contribution in [1.82, 2.24) is 19.9 Å². The topological polar surface area (TPSA) is 135 Å². The number of sulfonamides is 1. The Kier molecular flexibility index (Phi) is 9.22. The van der Waals surface area contributed by atoms with Crippen molar-refractivity contribution in [3.8, 4) is 21.3 Å². The summed E-state index contributed by atoms with van der Waals surface area (Å²) < 4.78 is 99.8. The average Bonchev–Trinajstić information content (AvgIpc) is 3.49. The zero-order valence-corrected chi connectivity index (χ0v) is 25.9. The zero-order chi connectivity index (χ0) is 32.1. The molecule has 0 aliphatic heterocycles. The summed E-state index contributed by atoms with van der Waals surface area (Å²) in [4.78, 5) is 15.6. The summed E-state index contributed by atoms with van der Waals surface area (Å²) in [5.74, 6) is -4.37. The molecular formula is C25H25Cl2F5N4O5S2. The maximum absolute atomic E-state index is 13.6. The third kappa shape index (κ3) is 7.30. The lowest BCUT2D eigenvalue weighted by Gasteiger charge is -2.34. The standard InChI is InChI=1S/C25H25Cl2F5N4O5S2/c1-4-15(25(30,31)32)36-43(39,40)14-6-5-12(17(26)18(14)27)19-13(7-11-8-24(28,29)9-11)33-21(42-19)20-35-34-16(41-20)10-23(2,3)22(37)38/h5-6,11,15,36H,4,7-10H2,1-3H3,(H,37,38). The highest BCUT2D eigenvalue weighted by Crippen LogP contribution is 2.48. The van der Waals surface area contributed by atoms with Gasteiger partial charge in [0.05, 0.1) is 26.0 Å². The van der Waals surface area contributed by atoms with Crippen molar-refractivity contribution in [2.24, 2.45) is 11.3 Å². The van der Waals surface area contributed by atoms with Crippen molar-refractivity contribution in [3.05, 3.63) is 33.8 Å².